The molecule has 0 saturated heterocycles. The molecule has 1 aromatic heterocycles. The van der Waals surface area contributed by atoms with E-state index in [0.717, 1.165) is 10.0 Å². The average molecular weight is 492 g/mol. The number of nitrogens with zero attached hydrogens (tertiary/aromatic N) is 3. The maximum atomic E-state index is 13.4. The number of hydrogen-bond donors (Lipinski definition) is 2. The Labute approximate surface area is 194 Å². The van der Waals surface area contributed by atoms with Gasteiger partial charge in [0.15, 0.2) is 5.78 Å². The van der Waals surface area contributed by atoms with Gasteiger partial charge in [0.1, 0.15) is 5.82 Å². The lowest BCUT2D eigenvalue weighted by Crippen LogP contribution is -2.49. The standard InChI is InChI=1S/C24H22BrN5O2/c1-24(2)11-18-21(19(31)12-24)20(14-3-5-16(25)6-4-14)17(13-26)22(27)30(18)29-23(32)15-7-9-28-10-8-15/h3-10,20H,11-12,27H2,1-2H3,(H,29,32). The summed E-state index contributed by atoms with van der Waals surface area (Å²) >= 11 is 3.43. The van der Waals surface area contributed by atoms with E-state index in [9.17, 15) is 14.9 Å². The van der Waals surface area contributed by atoms with E-state index >= 15 is 0 Å². The molecule has 1 aliphatic heterocycles. The number of nitrogens with one attached hydrogen (secondary N) is 1. The summed E-state index contributed by atoms with van der Waals surface area (Å²) in [4.78, 5) is 30.2. The van der Waals surface area contributed by atoms with Crippen molar-refractivity contribution in [3.8, 4) is 6.07 Å². The van der Waals surface area contributed by atoms with E-state index in [1.165, 1.54) is 17.4 Å². The number of carbonyl (C=O) groups is 2. The number of rotatable bonds is 3. The van der Waals surface area contributed by atoms with E-state index in [2.05, 4.69) is 32.4 Å². The Kier molecular flexibility index (Phi) is 5.61. The summed E-state index contributed by atoms with van der Waals surface area (Å²) in [6.45, 7) is 4.01. The highest BCUT2D eigenvalue weighted by Crippen LogP contribution is 2.48. The molecule has 2 aromatic rings. The molecular weight excluding hydrogens is 470 g/mol. The Hall–Kier alpha value is -3.44. The predicted molar refractivity (Wildman–Crippen MR) is 122 cm³/mol. The quantitative estimate of drug-likeness (QED) is 0.672. The third-order valence-electron chi connectivity index (χ3n) is 5.74. The van der Waals surface area contributed by atoms with Crippen molar-refractivity contribution in [1.29, 1.82) is 5.26 Å². The molecule has 1 atom stereocenters. The molecule has 1 aliphatic carbocycles. The smallest absolute Gasteiger partial charge is 0.270 e. The number of benzene rings is 1. The molecule has 32 heavy (non-hydrogen) atoms. The first-order chi connectivity index (χ1) is 15.2. The summed E-state index contributed by atoms with van der Waals surface area (Å²) in [5, 5.41) is 11.4. The van der Waals surface area contributed by atoms with Crippen molar-refractivity contribution in [3.05, 3.63) is 87.1 Å². The molecule has 1 amide bonds. The maximum Gasteiger partial charge on any atom is 0.270 e. The largest absolute Gasteiger partial charge is 0.383 e. The number of carbonyl (C=O) groups excluding carboxylic acids is 2. The van der Waals surface area contributed by atoms with Crippen LogP contribution in [0.5, 0.6) is 0 Å². The van der Waals surface area contributed by atoms with Gasteiger partial charge in [0.25, 0.3) is 5.91 Å². The van der Waals surface area contributed by atoms with Crippen LogP contribution in [0.25, 0.3) is 0 Å². The van der Waals surface area contributed by atoms with Crippen molar-refractivity contribution in [3.63, 3.8) is 0 Å². The number of hydrazine groups is 1. The highest BCUT2D eigenvalue weighted by atomic mass is 79.9. The van der Waals surface area contributed by atoms with Gasteiger partial charge in [-0.2, -0.15) is 5.26 Å². The molecule has 0 radical (unpaired) electrons. The number of Topliss-reactive ketones (excluding diaryl/α,β-unsaturated/α-hetero) is 1. The molecule has 7 nitrogen and oxygen atoms in total. The van der Waals surface area contributed by atoms with Gasteiger partial charge < -0.3 is 5.73 Å². The van der Waals surface area contributed by atoms with Gasteiger partial charge in [0.2, 0.25) is 0 Å². The SMILES string of the molecule is CC1(C)CC(=O)C2=C(C1)N(NC(=O)c1ccncc1)C(N)=C(C#N)C2c1ccc(Br)cc1. The highest BCUT2D eigenvalue weighted by Gasteiger charge is 2.44. The summed E-state index contributed by atoms with van der Waals surface area (Å²) < 4.78 is 0.893. The Morgan fingerprint density at radius 3 is 2.50 bits per heavy atom. The summed E-state index contributed by atoms with van der Waals surface area (Å²) in [7, 11) is 0. The number of amides is 1. The van der Waals surface area contributed by atoms with Gasteiger partial charge >= 0.3 is 0 Å². The van der Waals surface area contributed by atoms with E-state index < -0.39 is 11.8 Å². The van der Waals surface area contributed by atoms with Crippen LogP contribution in [0.2, 0.25) is 0 Å². The fraction of sp³-hybridized carbons (Fsp3) is 0.250. The predicted octanol–water partition coefficient (Wildman–Crippen LogP) is 3.93. The molecule has 0 spiro atoms. The van der Waals surface area contributed by atoms with Crippen LogP contribution < -0.4 is 11.2 Å². The van der Waals surface area contributed by atoms with E-state index in [1.54, 1.807) is 12.1 Å². The van der Waals surface area contributed by atoms with Gasteiger partial charge in [0.05, 0.1) is 23.3 Å². The van der Waals surface area contributed by atoms with Gasteiger partial charge in [-0.3, -0.25) is 20.0 Å². The van der Waals surface area contributed by atoms with Gasteiger partial charge in [-0.1, -0.05) is 41.9 Å². The third-order valence-corrected chi connectivity index (χ3v) is 6.27. The number of nitrogens with two attached hydrogens (primary N) is 1. The van der Waals surface area contributed by atoms with Crippen LogP contribution in [0.3, 0.4) is 0 Å². The number of halogens is 1. The van der Waals surface area contributed by atoms with E-state index in [4.69, 9.17) is 5.73 Å². The van der Waals surface area contributed by atoms with Gasteiger partial charge in [-0.25, -0.2) is 5.01 Å². The zero-order valence-corrected chi connectivity index (χ0v) is 19.3. The zero-order valence-electron chi connectivity index (χ0n) is 17.7. The second-order valence-corrected chi connectivity index (χ2v) is 9.62. The van der Waals surface area contributed by atoms with Crippen LogP contribution in [0.1, 0.15) is 48.5 Å². The lowest BCUT2D eigenvalue weighted by atomic mass is 9.69. The van der Waals surface area contributed by atoms with Crippen LogP contribution >= 0.6 is 15.9 Å². The van der Waals surface area contributed by atoms with E-state index in [0.29, 0.717) is 29.7 Å². The van der Waals surface area contributed by atoms with Crippen molar-refractivity contribution in [2.75, 3.05) is 0 Å². The zero-order chi connectivity index (χ0) is 23.0. The minimum Gasteiger partial charge on any atom is -0.383 e. The summed E-state index contributed by atoms with van der Waals surface area (Å²) in [6.07, 6.45) is 3.92. The van der Waals surface area contributed by atoms with Gasteiger partial charge in [0, 0.05) is 34.4 Å². The Morgan fingerprint density at radius 1 is 1.22 bits per heavy atom. The minimum absolute atomic E-state index is 0.0485. The molecule has 1 unspecified atom stereocenters. The number of ketones is 1. The second kappa shape index (κ2) is 8.24. The summed E-state index contributed by atoms with van der Waals surface area (Å²) in [6, 6.07) is 12.9. The molecule has 2 aliphatic rings. The number of pyridine rings is 1. The molecular formula is C24H22BrN5O2. The molecule has 1 aromatic carbocycles. The molecule has 3 N–H and O–H groups in total. The first-order valence-corrected chi connectivity index (χ1v) is 10.9. The Morgan fingerprint density at radius 2 is 1.88 bits per heavy atom. The molecule has 0 saturated carbocycles. The van der Waals surface area contributed by atoms with E-state index in [-0.39, 0.29) is 22.6 Å². The fourth-order valence-corrected chi connectivity index (χ4v) is 4.56. The highest BCUT2D eigenvalue weighted by molar-refractivity contribution is 9.10. The number of hydrogen-bond acceptors (Lipinski definition) is 6. The number of nitriles is 1. The second-order valence-electron chi connectivity index (χ2n) is 8.71. The molecule has 0 fully saturated rings. The van der Waals surface area contributed by atoms with Crippen LogP contribution in [0.15, 0.2) is 75.9 Å². The maximum absolute atomic E-state index is 13.4. The van der Waals surface area contributed by atoms with Crippen molar-refractivity contribution < 1.29 is 9.59 Å². The van der Waals surface area contributed by atoms with Gasteiger partial charge in [-0.05, 0) is 41.7 Å². The Balaban J connectivity index is 1.86. The van der Waals surface area contributed by atoms with E-state index in [1.807, 2.05) is 38.1 Å². The van der Waals surface area contributed by atoms with Crippen molar-refractivity contribution in [1.82, 2.24) is 15.4 Å². The molecule has 0 bridgehead atoms. The van der Waals surface area contributed by atoms with Crippen LogP contribution in [-0.2, 0) is 4.79 Å². The van der Waals surface area contributed by atoms with Crippen LogP contribution in [-0.4, -0.2) is 21.7 Å². The summed E-state index contributed by atoms with van der Waals surface area (Å²) in [5.74, 6) is -0.919. The fourth-order valence-electron chi connectivity index (χ4n) is 4.29. The molecule has 4 rings (SSSR count). The van der Waals surface area contributed by atoms with Crippen molar-refractivity contribution in [2.45, 2.75) is 32.6 Å². The Bertz CT molecular complexity index is 1190. The molecule has 2 heterocycles. The lowest BCUT2D eigenvalue weighted by Gasteiger charge is -2.43. The minimum atomic E-state index is -0.583. The first-order valence-electron chi connectivity index (χ1n) is 10.1. The molecule has 162 valence electrons. The monoisotopic (exact) mass is 491 g/mol. The number of aromatic nitrogens is 1. The van der Waals surface area contributed by atoms with Crippen molar-refractivity contribution in [2.24, 2.45) is 11.1 Å². The average Bonchev–Trinajstić information content (AvgIpc) is 2.76. The normalized spacial score (nSPS) is 20.0. The number of allylic oxidation sites excluding steroid dienone is 3. The first kappa shape index (κ1) is 21.8. The van der Waals surface area contributed by atoms with Crippen LogP contribution in [0, 0.1) is 16.7 Å². The third kappa shape index (κ3) is 3.92. The van der Waals surface area contributed by atoms with Gasteiger partial charge in [-0.15, -0.1) is 0 Å². The topological polar surface area (TPSA) is 112 Å². The summed E-state index contributed by atoms with van der Waals surface area (Å²) in [5.41, 5.74) is 11.5. The van der Waals surface area contributed by atoms with Crippen LogP contribution in [0.4, 0.5) is 0 Å². The lowest BCUT2D eigenvalue weighted by molar-refractivity contribution is -0.118. The van der Waals surface area contributed by atoms with Crippen molar-refractivity contribution >= 4 is 27.6 Å². The molecule has 8 heteroatoms.